The first-order chi connectivity index (χ1) is 14.3. The predicted octanol–water partition coefficient (Wildman–Crippen LogP) is 3.84. The number of nitrogens with zero attached hydrogens (tertiary/aromatic N) is 3. The van der Waals surface area contributed by atoms with Crippen LogP contribution < -0.4 is 20.3 Å². The molecule has 0 aliphatic carbocycles. The summed E-state index contributed by atoms with van der Waals surface area (Å²) in [5.74, 6) is 1.34. The summed E-state index contributed by atoms with van der Waals surface area (Å²) in [5.41, 5.74) is 2.19. The number of amides is 1. The number of hydrogen-bond donors (Lipinski definition) is 2. The van der Waals surface area contributed by atoms with E-state index in [-0.39, 0.29) is 12.5 Å². The van der Waals surface area contributed by atoms with Crippen LogP contribution in [0.25, 0.3) is 0 Å². The molecule has 7 heteroatoms. The van der Waals surface area contributed by atoms with Gasteiger partial charge in [0.15, 0.2) is 18.2 Å². The van der Waals surface area contributed by atoms with E-state index < -0.39 is 0 Å². The SMILES string of the molecule is O=C(COc1ccccc1)Nc1ccc(Nc2ccc(N3CCCC3)cc2)nn1. The van der Waals surface area contributed by atoms with Crippen LogP contribution in [0.15, 0.2) is 66.7 Å². The van der Waals surface area contributed by atoms with Crippen LogP contribution in [0.1, 0.15) is 12.8 Å². The molecule has 1 saturated heterocycles. The molecule has 1 aliphatic rings. The first kappa shape index (κ1) is 18.7. The Balaban J connectivity index is 1.28. The maximum absolute atomic E-state index is 12.0. The van der Waals surface area contributed by atoms with Gasteiger partial charge in [0.25, 0.3) is 5.91 Å². The fourth-order valence-corrected chi connectivity index (χ4v) is 3.19. The fraction of sp³-hybridized carbons (Fsp3) is 0.227. The Morgan fingerprint density at radius 1 is 0.897 bits per heavy atom. The molecule has 1 amide bonds. The van der Waals surface area contributed by atoms with Gasteiger partial charge in [-0.1, -0.05) is 18.2 Å². The highest BCUT2D eigenvalue weighted by Crippen LogP contribution is 2.23. The lowest BCUT2D eigenvalue weighted by atomic mass is 10.2. The Morgan fingerprint density at radius 2 is 1.59 bits per heavy atom. The molecule has 0 saturated carbocycles. The summed E-state index contributed by atoms with van der Waals surface area (Å²) in [7, 11) is 0. The number of nitrogens with one attached hydrogen (secondary N) is 2. The van der Waals surface area contributed by atoms with E-state index in [4.69, 9.17) is 4.74 Å². The lowest BCUT2D eigenvalue weighted by molar-refractivity contribution is -0.118. The van der Waals surface area contributed by atoms with Crippen molar-refractivity contribution in [2.45, 2.75) is 12.8 Å². The zero-order valence-corrected chi connectivity index (χ0v) is 16.0. The second kappa shape index (κ2) is 9.05. The first-order valence-electron chi connectivity index (χ1n) is 9.70. The van der Waals surface area contributed by atoms with Crippen LogP contribution in [-0.2, 0) is 4.79 Å². The smallest absolute Gasteiger partial charge is 0.263 e. The first-order valence-corrected chi connectivity index (χ1v) is 9.70. The van der Waals surface area contributed by atoms with Crippen molar-refractivity contribution in [1.29, 1.82) is 0 Å². The van der Waals surface area contributed by atoms with E-state index in [0.29, 0.717) is 17.4 Å². The van der Waals surface area contributed by atoms with Crippen LogP contribution >= 0.6 is 0 Å². The van der Waals surface area contributed by atoms with E-state index in [0.717, 1.165) is 18.8 Å². The zero-order chi connectivity index (χ0) is 19.9. The molecule has 29 heavy (non-hydrogen) atoms. The van der Waals surface area contributed by atoms with Crippen molar-refractivity contribution in [2.75, 3.05) is 35.2 Å². The van der Waals surface area contributed by atoms with Crippen molar-refractivity contribution in [3.8, 4) is 5.75 Å². The molecule has 1 fully saturated rings. The number of para-hydroxylation sites is 1. The Labute approximate surface area is 169 Å². The summed E-state index contributed by atoms with van der Waals surface area (Å²) < 4.78 is 5.41. The molecular formula is C22H23N5O2. The topological polar surface area (TPSA) is 79.4 Å². The number of rotatable bonds is 7. The minimum absolute atomic E-state index is 0.0882. The lowest BCUT2D eigenvalue weighted by Gasteiger charge is -2.17. The van der Waals surface area contributed by atoms with Gasteiger partial charge < -0.3 is 20.3 Å². The molecule has 2 N–H and O–H groups in total. The summed E-state index contributed by atoms with van der Waals surface area (Å²) >= 11 is 0. The lowest BCUT2D eigenvalue weighted by Crippen LogP contribution is -2.21. The second-order valence-electron chi connectivity index (χ2n) is 6.82. The molecule has 1 aliphatic heterocycles. The largest absolute Gasteiger partial charge is 0.484 e. The highest BCUT2D eigenvalue weighted by molar-refractivity contribution is 5.90. The molecule has 2 heterocycles. The number of benzene rings is 2. The van der Waals surface area contributed by atoms with Crippen molar-refractivity contribution in [3.63, 3.8) is 0 Å². The van der Waals surface area contributed by atoms with Crippen LogP contribution in [0.5, 0.6) is 5.75 Å². The molecule has 2 aromatic carbocycles. The molecular weight excluding hydrogens is 366 g/mol. The van der Waals surface area contributed by atoms with E-state index in [1.165, 1.54) is 18.5 Å². The predicted molar refractivity (Wildman–Crippen MR) is 114 cm³/mol. The van der Waals surface area contributed by atoms with Gasteiger partial charge in [0, 0.05) is 24.5 Å². The molecule has 4 rings (SSSR count). The standard InChI is InChI=1S/C22H23N5O2/c28-22(16-29-19-6-2-1-3-7-19)24-21-13-12-20(25-26-21)23-17-8-10-18(11-9-17)27-14-4-5-15-27/h1-3,6-13H,4-5,14-16H2,(H,23,25)(H,24,26,28). The Morgan fingerprint density at radius 3 is 2.28 bits per heavy atom. The Kier molecular flexibility index (Phi) is 5.85. The van der Waals surface area contributed by atoms with Crippen LogP contribution in [-0.4, -0.2) is 35.8 Å². The normalized spacial score (nSPS) is 13.2. The summed E-state index contributed by atoms with van der Waals surface area (Å²) in [6.07, 6.45) is 2.52. The highest BCUT2D eigenvalue weighted by Gasteiger charge is 2.12. The maximum atomic E-state index is 12.0. The van der Waals surface area contributed by atoms with Crippen molar-refractivity contribution >= 4 is 28.9 Å². The Hall–Kier alpha value is -3.61. The van der Waals surface area contributed by atoms with Gasteiger partial charge in [0.2, 0.25) is 0 Å². The van der Waals surface area contributed by atoms with Gasteiger partial charge in [0.05, 0.1) is 0 Å². The average molecular weight is 389 g/mol. The summed E-state index contributed by atoms with van der Waals surface area (Å²) in [4.78, 5) is 14.4. The average Bonchev–Trinajstić information content (AvgIpc) is 3.30. The molecule has 0 spiro atoms. The van der Waals surface area contributed by atoms with Gasteiger partial charge in [-0.25, -0.2) is 0 Å². The quantitative estimate of drug-likeness (QED) is 0.639. The number of carbonyl (C=O) groups excluding carboxylic acids is 1. The van der Waals surface area contributed by atoms with Crippen LogP contribution in [0.2, 0.25) is 0 Å². The van der Waals surface area contributed by atoms with Crippen LogP contribution in [0.3, 0.4) is 0 Å². The van der Waals surface area contributed by atoms with Gasteiger partial charge in [-0.05, 0) is 61.4 Å². The van der Waals surface area contributed by atoms with Crippen molar-refractivity contribution in [2.24, 2.45) is 0 Å². The van der Waals surface area contributed by atoms with Gasteiger partial charge in [-0.15, -0.1) is 10.2 Å². The Bertz CT molecular complexity index is 924. The number of carbonyl (C=O) groups is 1. The van der Waals surface area contributed by atoms with E-state index in [1.807, 2.05) is 30.3 Å². The number of hydrogen-bond acceptors (Lipinski definition) is 6. The molecule has 3 aromatic rings. The third kappa shape index (κ3) is 5.22. The summed E-state index contributed by atoms with van der Waals surface area (Å²) in [6.45, 7) is 2.17. The van der Waals surface area contributed by atoms with Gasteiger partial charge in [-0.3, -0.25) is 4.79 Å². The number of aromatic nitrogens is 2. The summed E-state index contributed by atoms with van der Waals surface area (Å²) in [5, 5.41) is 14.1. The third-order valence-electron chi connectivity index (χ3n) is 4.66. The minimum Gasteiger partial charge on any atom is -0.484 e. The van der Waals surface area contributed by atoms with Crippen LogP contribution in [0.4, 0.5) is 23.0 Å². The zero-order valence-electron chi connectivity index (χ0n) is 16.0. The second-order valence-corrected chi connectivity index (χ2v) is 6.82. The van der Waals surface area contributed by atoms with Crippen molar-refractivity contribution in [1.82, 2.24) is 10.2 Å². The monoisotopic (exact) mass is 389 g/mol. The van der Waals surface area contributed by atoms with E-state index in [1.54, 1.807) is 24.3 Å². The minimum atomic E-state index is -0.290. The van der Waals surface area contributed by atoms with Gasteiger partial charge in [0.1, 0.15) is 5.75 Å². The molecule has 1 aromatic heterocycles. The number of ether oxygens (including phenoxy) is 1. The highest BCUT2D eigenvalue weighted by atomic mass is 16.5. The summed E-state index contributed by atoms with van der Waals surface area (Å²) in [6, 6.07) is 21.0. The molecule has 0 unspecified atom stereocenters. The van der Waals surface area contributed by atoms with Gasteiger partial charge in [-0.2, -0.15) is 0 Å². The van der Waals surface area contributed by atoms with Gasteiger partial charge >= 0.3 is 0 Å². The van der Waals surface area contributed by atoms with E-state index in [2.05, 4.69) is 37.9 Å². The molecule has 0 radical (unpaired) electrons. The fourth-order valence-electron chi connectivity index (χ4n) is 3.19. The molecule has 7 nitrogen and oxygen atoms in total. The van der Waals surface area contributed by atoms with Crippen LogP contribution in [0, 0.1) is 0 Å². The number of anilines is 4. The van der Waals surface area contributed by atoms with Crippen molar-refractivity contribution < 1.29 is 9.53 Å². The molecule has 148 valence electrons. The third-order valence-corrected chi connectivity index (χ3v) is 4.66. The van der Waals surface area contributed by atoms with E-state index in [9.17, 15) is 4.79 Å². The van der Waals surface area contributed by atoms with E-state index >= 15 is 0 Å². The maximum Gasteiger partial charge on any atom is 0.263 e. The molecule has 0 bridgehead atoms. The van der Waals surface area contributed by atoms with Crippen molar-refractivity contribution in [3.05, 3.63) is 66.7 Å². The molecule has 0 atom stereocenters.